The van der Waals surface area contributed by atoms with Crippen LogP contribution in [0, 0.1) is 0 Å². The fourth-order valence-electron chi connectivity index (χ4n) is 1.01. The van der Waals surface area contributed by atoms with Crippen molar-refractivity contribution in [2.24, 2.45) is 0 Å². The van der Waals surface area contributed by atoms with Crippen LogP contribution in [0.1, 0.15) is 40.5 Å². The Labute approximate surface area is 90.1 Å². The van der Waals surface area contributed by atoms with Gasteiger partial charge in [-0.2, -0.15) is 5.32 Å². The van der Waals surface area contributed by atoms with Gasteiger partial charge in [-0.1, -0.05) is 13.8 Å². The predicted octanol–water partition coefficient (Wildman–Crippen LogP) is 1.19. The summed E-state index contributed by atoms with van der Waals surface area (Å²) in [4.78, 5) is 21.4. The lowest BCUT2D eigenvalue weighted by Gasteiger charge is -2.21. The lowest BCUT2D eigenvalue weighted by Crippen LogP contribution is -2.36. The van der Waals surface area contributed by atoms with Crippen molar-refractivity contribution in [2.75, 3.05) is 0 Å². The van der Waals surface area contributed by atoms with Crippen molar-refractivity contribution < 1.29 is 19.1 Å². The van der Waals surface area contributed by atoms with Gasteiger partial charge in [0.15, 0.2) is 12.5 Å². The zero-order valence-electron chi connectivity index (χ0n) is 9.65. The summed E-state index contributed by atoms with van der Waals surface area (Å²) in [5.74, 6) is -0.772. The van der Waals surface area contributed by atoms with E-state index >= 15 is 0 Å². The van der Waals surface area contributed by atoms with Gasteiger partial charge in [-0.25, -0.2) is 0 Å². The fraction of sp³-hybridized carbons (Fsp3) is 0.800. The van der Waals surface area contributed by atoms with Crippen molar-refractivity contribution in [1.29, 1.82) is 0 Å². The van der Waals surface area contributed by atoms with Gasteiger partial charge in [0.1, 0.15) is 0 Å². The van der Waals surface area contributed by atoms with Crippen LogP contribution in [0.2, 0.25) is 0 Å². The zero-order chi connectivity index (χ0) is 11.8. The molecule has 0 aromatic carbocycles. The van der Waals surface area contributed by atoms with E-state index in [2.05, 4.69) is 5.32 Å². The molecule has 15 heavy (non-hydrogen) atoms. The molecule has 1 radical (unpaired) electrons. The van der Waals surface area contributed by atoms with Gasteiger partial charge in [0, 0.05) is 13.8 Å². The van der Waals surface area contributed by atoms with Gasteiger partial charge in [-0.15, -0.1) is 0 Å². The summed E-state index contributed by atoms with van der Waals surface area (Å²) in [5.41, 5.74) is 0. The Morgan fingerprint density at radius 2 is 1.33 bits per heavy atom. The predicted molar refractivity (Wildman–Crippen MR) is 53.8 cm³/mol. The van der Waals surface area contributed by atoms with Gasteiger partial charge in [0.2, 0.25) is 0 Å². The Balaban J connectivity index is 4.10. The third kappa shape index (κ3) is 6.90. The number of hydrogen-bond acceptors (Lipinski definition) is 4. The first-order valence-electron chi connectivity index (χ1n) is 5.04. The third-order valence-corrected chi connectivity index (χ3v) is 1.64. The highest BCUT2D eigenvalue weighted by Crippen LogP contribution is 2.03. The van der Waals surface area contributed by atoms with E-state index in [1.54, 1.807) is 0 Å². The fourth-order valence-corrected chi connectivity index (χ4v) is 1.01. The average molecular weight is 216 g/mol. The van der Waals surface area contributed by atoms with Crippen LogP contribution in [-0.4, -0.2) is 24.4 Å². The van der Waals surface area contributed by atoms with Gasteiger partial charge in [0.05, 0.1) is 0 Å². The lowest BCUT2D eigenvalue weighted by atomic mass is 10.3. The van der Waals surface area contributed by atoms with Crippen LogP contribution in [0.4, 0.5) is 0 Å². The molecule has 0 aliphatic heterocycles. The maximum absolute atomic E-state index is 10.7. The van der Waals surface area contributed by atoms with Crippen molar-refractivity contribution >= 4 is 11.9 Å². The molecule has 0 aromatic heterocycles. The van der Waals surface area contributed by atoms with Crippen molar-refractivity contribution in [3.63, 3.8) is 0 Å². The Hall–Kier alpha value is -1.10. The van der Waals surface area contributed by atoms with Crippen LogP contribution in [0.15, 0.2) is 0 Å². The molecule has 87 valence electrons. The maximum atomic E-state index is 10.7. The number of ether oxygens (including phenoxy) is 2. The van der Waals surface area contributed by atoms with E-state index in [0.29, 0.717) is 12.8 Å². The van der Waals surface area contributed by atoms with Gasteiger partial charge in [-0.3, -0.25) is 9.59 Å². The van der Waals surface area contributed by atoms with Gasteiger partial charge < -0.3 is 9.47 Å². The number of hydrogen-bond donors (Lipinski definition) is 0. The smallest absolute Gasteiger partial charge is 0.304 e. The molecule has 0 bridgehead atoms. The van der Waals surface area contributed by atoms with Crippen molar-refractivity contribution in [1.82, 2.24) is 5.32 Å². The first-order valence-corrected chi connectivity index (χ1v) is 5.04. The van der Waals surface area contributed by atoms with Crippen LogP contribution in [-0.2, 0) is 19.1 Å². The largest absolute Gasteiger partial charge is 0.445 e. The van der Waals surface area contributed by atoms with Crippen LogP contribution in [0.5, 0.6) is 0 Å². The van der Waals surface area contributed by atoms with E-state index < -0.39 is 12.5 Å². The number of carbonyl (C=O) groups is 2. The van der Waals surface area contributed by atoms with Crippen molar-refractivity contribution in [3.05, 3.63) is 0 Å². The summed E-state index contributed by atoms with van der Waals surface area (Å²) < 4.78 is 9.83. The quantitative estimate of drug-likeness (QED) is 0.625. The van der Waals surface area contributed by atoms with E-state index in [1.165, 1.54) is 13.8 Å². The van der Waals surface area contributed by atoms with Crippen LogP contribution in [0.3, 0.4) is 0 Å². The average Bonchev–Trinajstić information content (AvgIpc) is 2.14. The molecule has 0 aliphatic rings. The highest BCUT2D eigenvalue weighted by atomic mass is 16.6. The molecule has 2 unspecified atom stereocenters. The Bertz CT molecular complexity index is 195. The molecule has 0 amide bonds. The molecule has 5 nitrogen and oxygen atoms in total. The van der Waals surface area contributed by atoms with E-state index in [9.17, 15) is 9.59 Å². The second kappa shape index (κ2) is 7.23. The monoisotopic (exact) mass is 216 g/mol. The first-order chi connectivity index (χ1) is 6.99. The highest BCUT2D eigenvalue weighted by Gasteiger charge is 2.18. The summed E-state index contributed by atoms with van der Waals surface area (Å²) in [5, 5.41) is 4.11. The number of rotatable bonds is 6. The SMILES string of the molecule is CCC([N]C(CC)OC(C)=O)OC(C)=O. The molecular weight excluding hydrogens is 198 g/mol. The minimum absolute atomic E-state index is 0.386. The molecule has 0 rings (SSSR count). The molecule has 0 saturated heterocycles. The first kappa shape index (κ1) is 13.9. The summed E-state index contributed by atoms with van der Waals surface area (Å²) in [6, 6.07) is 0. The van der Waals surface area contributed by atoms with Crippen LogP contribution < -0.4 is 5.32 Å². The summed E-state index contributed by atoms with van der Waals surface area (Å²) in [6.45, 7) is 6.34. The number of nitrogens with zero attached hydrogens (tertiary/aromatic N) is 1. The standard InChI is InChI=1S/C10H18NO4/c1-5-9(14-7(3)12)11-10(6-2)15-8(4)13/h9-10H,5-6H2,1-4H3. The normalized spacial score (nSPS) is 14.1. The Morgan fingerprint density at radius 1 is 1.00 bits per heavy atom. The van der Waals surface area contributed by atoms with E-state index in [-0.39, 0.29) is 11.9 Å². The Morgan fingerprint density at radius 3 is 1.53 bits per heavy atom. The topological polar surface area (TPSA) is 66.7 Å². The second-order valence-corrected chi connectivity index (χ2v) is 3.09. The number of carbonyl (C=O) groups excluding carboxylic acids is 2. The molecule has 0 aliphatic carbocycles. The molecule has 0 spiro atoms. The highest BCUT2D eigenvalue weighted by molar-refractivity contribution is 5.66. The van der Waals surface area contributed by atoms with Crippen molar-refractivity contribution in [2.45, 2.75) is 53.0 Å². The molecule has 0 saturated carbocycles. The summed E-state index contributed by atoms with van der Waals surface area (Å²) in [6.07, 6.45) is 0.0629. The minimum Gasteiger partial charge on any atom is -0.445 e. The van der Waals surface area contributed by atoms with Crippen molar-refractivity contribution in [3.8, 4) is 0 Å². The van der Waals surface area contributed by atoms with Crippen LogP contribution in [0.25, 0.3) is 0 Å². The number of esters is 2. The van der Waals surface area contributed by atoms with Gasteiger partial charge in [0.25, 0.3) is 0 Å². The summed E-state index contributed by atoms with van der Waals surface area (Å²) in [7, 11) is 0. The van der Waals surface area contributed by atoms with E-state index in [4.69, 9.17) is 9.47 Å². The van der Waals surface area contributed by atoms with E-state index in [0.717, 1.165) is 0 Å². The van der Waals surface area contributed by atoms with Gasteiger partial charge in [-0.05, 0) is 12.8 Å². The minimum atomic E-state index is -0.535. The zero-order valence-corrected chi connectivity index (χ0v) is 9.65. The van der Waals surface area contributed by atoms with Crippen LogP contribution >= 0.6 is 0 Å². The Kier molecular flexibility index (Phi) is 6.70. The lowest BCUT2D eigenvalue weighted by molar-refractivity contribution is -0.157. The molecular formula is C10H18NO4. The molecule has 0 aromatic rings. The van der Waals surface area contributed by atoms with Gasteiger partial charge >= 0.3 is 11.9 Å². The molecule has 5 heteroatoms. The molecule has 0 fully saturated rings. The third-order valence-electron chi connectivity index (χ3n) is 1.64. The molecule has 0 N–H and O–H groups in total. The molecule has 0 heterocycles. The van der Waals surface area contributed by atoms with E-state index in [1.807, 2.05) is 13.8 Å². The summed E-state index contributed by atoms with van der Waals surface area (Å²) >= 11 is 0. The molecule has 2 atom stereocenters. The maximum Gasteiger partial charge on any atom is 0.304 e. The second-order valence-electron chi connectivity index (χ2n) is 3.09.